The molecule has 0 saturated carbocycles. The largest absolute Gasteiger partial charge is 0.481 e. The van der Waals surface area contributed by atoms with Crippen LogP contribution in [0.15, 0.2) is 35.1 Å². The molecule has 0 aliphatic carbocycles. The van der Waals surface area contributed by atoms with Gasteiger partial charge in [0.15, 0.2) is 0 Å². The third kappa shape index (κ3) is 2.82. The maximum Gasteiger partial charge on any atom is 0.303 e. The number of benzene rings is 1. The van der Waals surface area contributed by atoms with Crippen molar-refractivity contribution in [3.8, 4) is 5.69 Å². The first-order chi connectivity index (χ1) is 9.50. The van der Waals surface area contributed by atoms with E-state index in [0.29, 0.717) is 5.56 Å². The van der Waals surface area contributed by atoms with Crippen LogP contribution in [0, 0.1) is 0 Å². The predicted octanol–water partition coefficient (Wildman–Crippen LogP) is 2.31. The highest BCUT2D eigenvalue weighted by Crippen LogP contribution is 2.17. The Morgan fingerprint density at radius 3 is 2.50 bits per heavy atom. The molecule has 0 unspecified atom stereocenters. The lowest BCUT2D eigenvalue weighted by atomic mass is 10.0. The van der Waals surface area contributed by atoms with Crippen molar-refractivity contribution in [1.29, 1.82) is 0 Å². The van der Waals surface area contributed by atoms with Crippen molar-refractivity contribution in [2.75, 3.05) is 0 Å². The lowest BCUT2D eigenvalue weighted by Gasteiger charge is -2.04. The van der Waals surface area contributed by atoms with Crippen molar-refractivity contribution < 1.29 is 9.90 Å². The third-order valence-corrected chi connectivity index (χ3v) is 3.20. The zero-order valence-electron chi connectivity index (χ0n) is 11.6. The molecule has 20 heavy (non-hydrogen) atoms. The van der Waals surface area contributed by atoms with E-state index in [1.807, 2.05) is 44.2 Å². The Bertz CT molecular complexity index is 654. The van der Waals surface area contributed by atoms with Gasteiger partial charge in [0.25, 0.3) is 5.56 Å². The predicted molar refractivity (Wildman–Crippen MR) is 76.4 cm³/mol. The number of hydrogen-bond acceptors (Lipinski definition) is 2. The van der Waals surface area contributed by atoms with Crippen LogP contribution >= 0.6 is 0 Å². The Morgan fingerprint density at radius 1 is 1.30 bits per heavy atom. The molecule has 2 rings (SSSR count). The first-order valence-corrected chi connectivity index (χ1v) is 6.61. The maximum atomic E-state index is 12.4. The number of aromatic nitrogens is 2. The van der Waals surface area contributed by atoms with E-state index in [2.05, 4.69) is 5.10 Å². The van der Waals surface area contributed by atoms with Crippen molar-refractivity contribution in [2.24, 2.45) is 0 Å². The molecular formula is C15H18N2O3. The average molecular weight is 274 g/mol. The van der Waals surface area contributed by atoms with Gasteiger partial charge in [-0.15, -0.1) is 0 Å². The van der Waals surface area contributed by atoms with Gasteiger partial charge in [-0.1, -0.05) is 32.0 Å². The molecule has 0 atom stereocenters. The number of hydrogen-bond donors (Lipinski definition) is 2. The van der Waals surface area contributed by atoms with Gasteiger partial charge in [-0.25, -0.2) is 4.68 Å². The van der Waals surface area contributed by atoms with E-state index < -0.39 is 5.97 Å². The molecule has 2 aromatic rings. The van der Waals surface area contributed by atoms with E-state index in [9.17, 15) is 9.59 Å². The minimum absolute atomic E-state index is 0.0401. The molecule has 0 spiro atoms. The highest BCUT2D eigenvalue weighted by Gasteiger charge is 2.18. The molecule has 1 heterocycles. The van der Waals surface area contributed by atoms with E-state index in [4.69, 9.17) is 5.11 Å². The molecule has 0 aliphatic rings. The molecule has 2 N–H and O–H groups in total. The lowest BCUT2D eigenvalue weighted by Crippen LogP contribution is -2.18. The van der Waals surface area contributed by atoms with Crippen molar-refractivity contribution >= 4 is 5.97 Å². The molecule has 0 amide bonds. The van der Waals surface area contributed by atoms with Crippen LogP contribution in [0.4, 0.5) is 0 Å². The van der Waals surface area contributed by atoms with Gasteiger partial charge in [-0.3, -0.25) is 14.7 Å². The first-order valence-electron chi connectivity index (χ1n) is 6.61. The van der Waals surface area contributed by atoms with E-state index in [1.54, 1.807) is 0 Å². The summed E-state index contributed by atoms with van der Waals surface area (Å²) < 4.78 is 1.48. The summed E-state index contributed by atoms with van der Waals surface area (Å²) in [6.07, 6.45) is 0.208. The third-order valence-electron chi connectivity index (χ3n) is 3.20. The van der Waals surface area contributed by atoms with E-state index in [-0.39, 0.29) is 24.3 Å². The number of aromatic amines is 1. The summed E-state index contributed by atoms with van der Waals surface area (Å²) in [6, 6.07) is 9.27. The fraction of sp³-hybridized carbons (Fsp3) is 0.333. The highest BCUT2D eigenvalue weighted by molar-refractivity contribution is 5.67. The fourth-order valence-electron chi connectivity index (χ4n) is 2.20. The van der Waals surface area contributed by atoms with Crippen LogP contribution in [0.2, 0.25) is 0 Å². The van der Waals surface area contributed by atoms with Gasteiger partial charge in [-0.05, 0) is 24.5 Å². The summed E-state index contributed by atoms with van der Waals surface area (Å²) in [5.74, 6) is -0.761. The van der Waals surface area contributed by atoms with Gasteiger partial charge in [0, 0.05) is 17.7 Å². The number of carboxylic acids is 1. The van der Waals surface area contributed by atoms with Crippen molar-refractivity contribution in [3.63, 3.8) is 0 Å². The Hall–Kier alpha value is -2.30. The zero-order valence-corrected chi connectivity index (χ0v) is 11.6. The van der Waals surface area contributed by atoms with Gasteiger partial charge < -0.3 is 5.11 Å². The normalized spacial score (nSPS) is 10.9. The summed E-state index contributed by atoms with van der Waals surface area (Å²) >= 11 is 0. The topological polar surface area (TPSA) is 75.1 Å². The Labute approximate surface area is 116 Å². The number of carbonyl (C=O) groups is 1. The van der Waals surface area contributed by atoms with Crippen molar-refractivity contribution in [1.82, 2.24) is 9.78 Å². The quantitative estimate of drug-likeness (QED) is 0.878. The molecule has 0 radical (unpaired) electrons. The van der Waals surface area contributed by atoms with Crippen LogP contribution < -0.4 is 5.56 Å². The van der Waals surface area contributed by atoms with Crippen molar-refractivity contribution in [2.45, 2.75) is 32.6 Å². The Balaban J connectivity index is 2.48. The fourth-order valence-corrected chi connectivity index (χ4v) is 2.20. The number of rotatable bonds is 5. The molecule has 106 valence electrons. The molecule has 0 fully saturated rings. The molecular weight excluding hydrogens is 256 g/mol. The SMILES string of the molecule is CC(C)c1[nH]n(-c2ccccc2)c(=O)c1CCC(=O)O. The molecule has 1 aromatic heterocycles. The minimum Gasteiger partial charge on any atom is -0.481 e. The summed E-state index contributed by atoms with van der Waals surface area (Å²) in [4.78, 5) is 23.2. The lowest BCUT2D eigenvalue weighted by molar-refractivity contribution is -0.136. The van der Waals surface area contributed by atoms with Gasteiger partial charge in [0.05, 0.1) is 5.69 Å². The number of aliphatic carboxylic acids is 1. The highest BCUT2D eigenvalue weighted by atomic mass is 16.4. The monoisotopic (exact) mass is 274 g/mol. The van der Waals surface area contributed by atoms with E-state index >= 15 is 0 Å². The smallest absolute Gasteiger partial charge is 0.303 e. The van der Waals surface area contributed by atoms with Crippen LogP contribution in [0.5, 0.6) is 0 Å². The van der Waals surface area contributed by atoms with Gasteiger partial charge in [-0.2, -0.15) is 0 Å². The Morgan fingerprint density at radius 2 is 1.95 bits per heavy atom. The number of nitrogens with zero attached hydrogens (tertiary/aromatic N) is 1. The number of para-hydroxylation sites is 1. The van der Waals surface area contributed by atoms with E-state index in [0.717, 1.165) is 11.4 Å². The summed E-state index contributed by atoms with van der Waals surface area (Å²) in [7, 11) is 0. The summed E-state index contributed by atoms with van der Waals surface area (Å²) in [5, 5.41) is 11.9. The second-order valence-electron chi connectivity index (χ2n) is 5.03. The molecule has 5 heteroatoms. The number of nitrogens with one attached hydrogen (secondary N) is 1. The number of H-pyrrole nitrogens is 1. The molecule has 1 aromatic carbocycles. The average Bonchev–Trinajstić information content (AvgIpc) is 2.75. The number of carboxylic acid groups (broad SMARTS) is 1. The summed E-state index contributed by atoms with van der Waals surface area (Å²) in [6.45, 7) is 3.95. The van der Waals surface area contributed by atoms with E-state index in [1.165, 1.54) is 4.68 Å². The minimum atomic E-state index is -0.897. The molecule has 0 aliphatic heterocycles. The van der Waals surface area contributed by atoms with Gasteiger partial charge >= 0.3 is 5.97 Å². The van der Waals surface area contributed by atoms with Gasteiger partial charge in [0.2, 0.25) is 0 Å². The second kappa shape index (κ2) is 5.77. The van der Waals surface area contributed by atoms with Crippen LogP contribution in [0.3, 0.4) is 0 Å². The Kier molecular flexibility index (Phi) is 4.08. The summed E-state index contributed by atoms with van der Waals surface area (Å²) in [5.41, 5.74) is 1.95. The van der Waals surface area contributed by atoms with Crippen LogP contribution in [0.25, 0.3) is 5.69 Å². The van der Waals surface area contributed by atoms with Crippen LogP contribution in [-0.4, -0.2) is 20.9 Å². The second-order valence-corrected chi connectivity index (χ2v) is 5.03. The van der Waals surface area contributed by atoms with Crippen LogP contribution in [-0.2, 0) is 11.2 Å². The van der Waals surface area contributed by atoms with Gasteiger partial charge in [0.1, 0.15) is 0 Å². The molecule has 5 nitrogen and oxygen atoms in total. The molecule has 0 saturated heterocycles. The van der Waals surface area contributed by atoms with Crippen LogP contribution in [0.1, 0.15) is 37.4 Å². The van der Waals surface area contributed by atoms with Crippen molar-refractivity contribution in [3.05, 3.63) is 51.9 Å². The standard InChI is InChI=1S/C15H18N2O3/c1-10(2)14-12(8-9-13(18)19)15(20)17(16-14)11-6-4-3-5-7-11/h3-7,10,16H,8-9H2,1-2H3,(H,18,19). The zero-order chi connectivity index (χ0) is 14.7. The molecule has 0 bridgehead atoms. The first kappa shape index (κ1) is 14.1. The maximum absolute atomic E-state index is 12.4.